The summed E-state index contributed by atoms with van der Waals surface area (Å²) in [6.45, 7) is 2.12. The first-order chi connectivity index (χ1) is 8.27. The molecule has 0 unspecified atom stereocenters. The van der Waals surface area contributed by atoms with Gasteiger partial charge in [0.05, 0.1) is 6.54 Å². The third-order valence-corrected chi connectivity index (χ3v) is 4.10. The molecule has 1 fully saturated rings. The van der Waals surface area contributed by atoms with Crippen molar-refractivity contribution in [1.29, 1.82) is 0 Å². The fourth-order valence-electron chi connectivity index (χ4n) is 2.03. The Bertz CT molecular complexity index is 426. The van der Waals surface area contributed by atoms with E-state index < -0.39 is 0 Å². The highest BCUT2D eigenvalue weighted by Crippen LogP contribution is 2.38. The van der Waals surface area contributed by atoms with E-state index in [4.69, 9.17) is 0 Å². The van der Waals surface area contributed by atoms with Gasteiger partial charge < -0.3 is 10.2 Å². The van der Waals surface area contributed by atoms with E-state index in [1.54, 1.807) is 11.3 Å². The number of urea groups is 1. The molecule has 1 aromatic heterocycles. The first-order valence-corrected chi connectivity index (χ1v) is 6.65. The molecule has 17 heavy (non-hydrogen) atoms. The maximum Gasteiger partial charge on any atom is 0.317 e. The lowest BCUT2D eigenvalue weighted by Crippen LogP contribution is -2.46. The van der Waals surface area contributed by atoms with Crippen LogP contribution in [0.1, 0.15) is 17.7 Å². The third-order valence-electron chi connectivity index (χ3n) is 3.23. The fraction of sp³-hybridized carbons (Fsp3) is 0.545. The minimum absolute atomic E-state index is 0.0221. The molecule has 3 rings (SSSR count). The molecule has 0 bridgehead atoms. The highest BCUT2D eigenvalue weighted by Gasteiger charge is 2.43. The van der Waals surface area contributed by atoms with Crippen LogP contribution in [-0.2, 0) is 6.54 Å². The SMILES string of the molecule is O=C(NCc1cccs1)N1CCC2(CC1)N=N2. The average Bonchev–Trinajstić information content (AvgIpc) is 2.92. The fourth-order valence-corrected chi connectivity index (χ4v) is 2.67. The molecule has 2 amide bonds. The molecule has 0 atom stereocenters. The first-order valence-electron chi connectivity index (χ1n) is 5.77. The molecule has 1 saturated heterocycles. The Morgan fingerprint density at radius 3 is 2.82 bits per heavy atom. The Labute approximate surface area is 104 Å². The number of nitrogens with zero attached hydrogens (tertiary/aromatic N) is 3. The van der Waals surface area contributed by atoms with E-state index in [1.165, 1.54) is 4.88 Å². The number of hydrogen-bond donors (Lipinski definition) is 1. The Kier molecular flexibility index (Phi) is 2.58. The van der Waals surface area contributed by atoms with Crippen molar-refractivity contribution >= 4 is 17.4 Å². The van der Waals surface area contributed by atoms with Gasteiger partial charge >= 0.3 is 6.03 Å². The lowest BCUT2D eigenvalue weighted by Gasteiger charge is -2.29. The van der Waals surface area contributed by atoms with Gasteiger partial charge in [0.1, 0.15) is 0 Å². The second kappa shape index (κ2) is 4.10. The number of rotatable bonds is 2. The van der Waals surface area contributed by atoms with E-state index in [2.05, 4.69) is 15.5 Å². The molecule has 0 aliphatic carbocycles. The van der Waals surface area contributed by atoms with Crippen molar-refractivity contribution in [3.63, 3.8) is 0 Å². The number of hydrogen-bond acceptors (Lipinski definition) is 4. The van der Waals surface area contributed by atoms with Gasteiger partial charge in [-0.2, -0.15) is 10.2 Å². The van der Waals surface area contributed by atoms with Gasteiger partial charge in [0, 0.05) is 30.8 Å². The van der Waals surface area contributed by atoms with Gasteiger partial charge in [-0.3, -0.25) is 0 Å². The van der Waals surface area contributed by atoms with Crippen LogP contribution in [-0.4, -0.2) is 29.7 Å². The van der Waals surface area contributed by atoms with Gasteiger partial charge in [-0.05, 0) is 11.4 Å². The van der Waals surface area contributed by atoms with Crippen LogP contribution < -0.4 is 5.32 Å². The second-order valence-corrected chi connectivity index (χ2v) is 5.44. The average molecular weight is 250 g/mol. The first kappa shape index (κ1) is 10.7. The third kappa shape index (κ3) is 2.31. The minimum atomic E-state index is -0.107. The molecule has 0 aromatic carbocycles. The summed E-state index contributed by atoms with van der Waals surface area (Å²) in [5.74, 6) is 0. The summed E-state index contributed by atoms with van der Waals surface area (Å²) in [6, 6.07) is 4.04. The normalized spacial score (nSPS) is 20.6. The van der Waals surface area contributed by atoms with E-state index in [0.29, 0.717) is 6.54 Å². The minimum Gasteiger partial charge on any atom is -0.333 e. The molecule has 2 aliphatic rings. The van der Waals surface area contributed by atoms with Crippen LogP contribution in [0.25, 0.3) is 0 Å². The van der Waals surface area contributed by atoms with E-state index in [0.717, 1.165) is 25.9 Å². The van der Waals surface area contributed by atoms with Crippen molar-refractivity contribution in [3.8, 4) is 0 Å². The summed E-state index contributed by atoms with van der Waals surface area (Å²) >= 11 is 1.66. The van der Waals surface area contributed by atoms with Crippen molar-refractivity contribution < 1.29 is 4.79 Å². The number of piperidine rings is 1. The number of carbonyl (C=O) groups is 1. The number of amides is 2. The smallest absolute Gasteiger partial charge is 0.317 e. The largest absolute Gasteiger partial charge is 0.333 e. The highest BCUT2D eigenvalue weighted by atomic mass is 32.1. The van der Waals surface area contributed by atoms with Crippen LogP contribution in [0.4, 0.5) is 4.79 Å². The van der Waals surface area contributed by atoms with E-state index >= 15 is 0 Å². The molecule has 2 aliphatic heterocycles. The Hall–Kier alpha value is -1.43. The van der Waals surface area contributed by atoms with Crippen molar-refractivity contribution in [3.05, 3.63) is 22.4 Å². The van der Waals surface area contributed by atoms with Gasteiger partial charge in [0.15, 0.2) is 5.66 Å². The van der Waals surface area contributed by atoms with Crippen LogP contribution in [0.3, 0.4) is 0 Å². The summed E-state index contributed by atoms with van der Waals surface area (Å²) in [4.78, 5) is 14.9. The summed E-state index contributed by atoms with van der Waals surface area (Å²) < 4.78 is 0. The highest BCUT2D eigenvalue weighted by molar-refractivity contribution is 7.09. The molecule has 1 aromatic rings. The van der Waals surface area contributed by atoms with Gasteiger partial charge in [0.2, 0.25) is 0 Å². The standard InChI is InChI=1S/C11H14N4OS/c16-10(12-8-9-2-1-7-17-9)15-5-3-11(4-6-15)13-14-11/h1-2,7H,3-6,8H2,(H,12,16). The zero-order valence-electron chi connectivity index (χ0n) is 9.43. The lowest BCUT2D eigenvalue weighted by molar-refractivity contribution is 0.176. The van der Waals surface area contributed by atoms with Crippen molar-refractivity contribution in [1.82, 2.24) is 10.2 Å². The monoisotopic (exact) mass is 250 g/mol. The molecular formula is C11H14N4OS. The molecular weight excluding hydrogens is 236 g/mol. The van der Waals surface area contributed by atoms with Crippen molar-refractivity contribution in [2.45, 2.75) is 25.0 Å². The molecule has 5 nitrogen and oxygen atoms in total. The Morgan fingerprint density at radius 2 is 2.24 bits per heavy atom. The predicted octanol–water partition coefficient (Wildman–Crippen LogP) is 2.22. The number of nitrogens with one attached hydrogen (secondary N) is 1. The predicted molar refractivity (Wildman–Crippen MR) is 64.9 cm³/mol. The molecule has 90 valence electrons. The Balaban J connectivity index is 1.46. The van der Waals surface area contributed by atoms with Gasteiger partial charge in [-0.15, -0.1) is 11.3 Å². The lowest BCUT2D eigenvalue weighted by atomic mass is 10.0. The summed E-state index contributed by atoms with van der Waals surface area (Å²) in [6.07, 6.45) is 1.75. The number of likely N-dealkylation sites (tertiary alicyclic amines) is 1. The quantitative estimate of drug-likeness (QED) is 0.859. The molecule has 3 heterocycles. The van der Waals surface area contributed by atoms with Crippen LogP contribution >= 0.6 is 11.3 Å². The van der Waals surface area contributed by atoms with Crippen LogP contribution in [0.2, 0.25) is 0 Å². The van der Waals surface area contributed by atoms with Gasteiger partial charge in [-0.25, -0.2) is 4.79 Å². The number of thiophene rings is 1. The molecule has 0 saturated carbocycles. The maximum absolute atomic E-state index is 11.9. The Morgan fingerprint density at radius 1 is 1.47 bits per heavy atom. The summed E-state index contributed by atoms with van der Waals surface area (Å²) in [5.41, 5.74) is -0.107. The maximum atomic E-state index is 11.9. The van der Waals surface area contributed by atoms with Gasteiger partial charge in [0.25, 0.3) is 0 Å². The zero-order valence-corrected chi connectivity index (χ0v) is 10.2. The number of carbonyl (C=O) groups excluding carboxylic acids is 1. The molecule has 0 radical (unpaired) electrons. The van der Waals surface area contributed by atoms with Crippen molar-refractivity contribution in [2.24, 2.45) is 10.2 Å². The molecule has 1 spiro atoms. The summed E-state index contributed by atoms with van der Waals surface area (Å²) in [7, 11) is 0. The van der Waals surface area contributed by atoms with E-state index in [-0.39, 0.29) is 11.7 Å². The van der Waals surface area contributed by atoms with E-state index in [9.17, 15) is 4.79 Å². The molecule has 6 heteroatoms. The van der Waals surface area contributed by atoms with Crippen molar-refractivity contribution in [2.75, 3.05) is 13.1 Å². The van der Waals surface area contributed by atoms with E-state index in [1.807, 2.05) is 22.4 Å². The van der Waals surface area contributed by atoms with Gasteiger partial charge in [-0.1, -0.05) is 6.07 Å². The van der Waals surface area contributed by atoms with Crippen LogP contribution in [0.15, 0.2) is 27.7 Å². The summed E-state index contributed by atoms with van der Waals surface area (Å²) in [5, 5.41) is 13.0. The van der Waals surface area contributed by atoms with Crippen LogP contribution in [0, 0.1) is 0 Å². The topological polar surface area (TPSA) is 57.1 Å². The second-order valence-electron chi connectivity index (χ2n) is 4.41. The zero-order chi connectivity index (χ0) is 11.7. The van der Waals surface area contributed by atoms with Crippen LogP contribution in [0.5, 0.6) is 0 Å². The molecule has 1 N–H and O–H groups in total.